The molecule has 2 N–H and O–H groups in total. The third kappa shape index (κ3) is 3.87. The van der Waals surface area contributed by atoms with Crippen LogP contribution in [0, 0.1) is 0 Å². The Bertz CT molecular complexity index is 637. The number of hydrogen-bond donors (Lipinski definition) is 1. The van der Waals surface area contributed by atoms with Gasteiger partial charge in [0, 0.05) is 6.26 Å². The Morgan fingerprint density at radius 1 is 1.32 bits per heavy atom. The molecule has 19 heavy (non-hydrogen) atoms. The molecule has 1 unspecified atom stereocenters. The molecule has 0 aliphatic rings. The van der Waals surface area contributed by atoms with Crippen LogP contribution < -0.4 is 5.73 Å². The van der Waals surface area contributed by atoms with Gasteiger partial charge >= 0.3 is 0 Å². The van der Waals surface area contributed by atoms with Gasteiger partial charge in [-0.1, -0.05) is 18.2 Å². The van der Waals surface area contributed by atoms with Crippen LogP contribution >= 0.6 is 0 Å². The van der Waals surface area contributed by atoms with Gasteiger partial charge < -0.3 is 5.73 Å². The van der Waals surface area contributed by atoms with Gasteiger partial charge in [0.25, 0.3) is 0 Å². The molecule has 0 saturated heterocycles. The number of hydrogen-bond acceptors (Lipinski definition) is 5. The van der Waals surface area contributed by atoms with Gasteiger partial charge in [-0.2, -0.15) is 15.0 Å². The van der Waals surface area contributed by atoms with Crippen LogP contribution in [0.5, 0.6) is 0 Å². The molecular formula is C12H16N4O2S. The number of aromatic nitrogens is 3. The fourth-order valence-electron chi connectivity index (χ4n) is 1.62. The van der Waals surface area contributed by atoms with Crippen molar-refractivity contribution in [3.05, 3.63) is 42.2 Å². The molecule has 0 bridgehead atoms. The average molecular weight is 280 g/mol. The third-order valence-corrected chi connectivity index (χ3v) is 3.65. The molecule has 102 valence electrons. The van der Waals surface area contributed by atoms with Crippen molar-refractivity contribution >= 4 is 9.84 Å². The first-order chi connectivity index (χ1) is 8.96. The van der Waals surface area contributed by atoms with Crippen LogP contribution in [0.15, 0.2) is 36.5 Å². The molecule has 0 spiro atoms. The molecule has 1 atom stereocenters. The van der Waals surface area contributed by atoms with Crippen molar-refractivity contribution < 1.29 is 8.42 Å². The number of nitrogens with zero attached hydrogens (tertiary/aromatic N) is 3. The first-order valence-corrected chi connectivity index (χ1v) is 7.93. The molecule has 2 aromatic rings. The summed E-state index contributed by atoms with van der Waals surface area (Å²) in [5.41, 5.74) is 7.34. The Morgan fingerprint density at radius 2 is 2.00 bits per heavy atom. The van der Waals surface area contributed by atoms with E-state index in [4.69, 9.17) is 5.73 Å². The van der Waals surface area contributed by atoms with Crippen molar-refractivity contribution in [2.24, 2.45) is 5.73 Å². The molecule has 2 rings (SSSR count). The van der Waals surface area contributed by atoms with E-state index in [-0.39, 0.29) is 5.75 Å². The van der Waals surface area contributed by atoms with Crippen molar-refractivity contribution in [3.8, 4) is 5.69 Å². The molecule has 0 saturated carbocycles. The van der Waals surface area contributed by atoms with Crippen molar-refractivity contribution in [1.29, 1.82) is 0 Å². The Kier molecular flexibility index (Phi) is 3.96. The average Bonchev–Trinajstić information content (AvgIpc) is 2.86. The highest BCUT2D eigenvalue weighted by Gasteiger charge is 2.14. The highest BCUT2D eigenvalue weighted by molar-refractivity contribution is 7.90. The molecule has 7 heteroatoms. The highest BCUT2D eigenvalue weighted by atomic mass is 32.2. The molecule has 1 aromatic carbocycles. The summed E-state index contributed by atoms with van der Waals surface area (Å²) in [6.45, 7) is 0. The van der Waals surface area contributed by atoms with Crippen LogP contribution in [0.1, 0.15) is 18.2 Å². The first-order valence-electron chi connectivity index (χ1n) is 5.87. The van der Waals surface area contributed by atoms with Gasteiger partial charge in [0.15, 0.2) is 0 Å². The van der Waals surface area contributed by atoms with Crippen LogP contribution in [-0.4, -0.2) is 35.4 Å². The van der Waals surface area contributed by atoms with E-state index in [0.717, 1.165) is 5.69 Å². The summed E-state index contributed by atoms with van der Waals surface area (Å²) in [4.78, 5) is 1.48. The second-order valence-corrected chi connectivity index (χ2v) is 6.68. The minimum atomic E-state index is -3.01. The zero-order valence-electron chi connectivity index (χ0n) is 10.6. The molecule has 0 aliphatic carbocycles. The highest BCUT2D eigenvalue weighted by Crippen LogP contribution is 2.13. The summed E-state index contributed by atoms with van der Waals surface area (Å²) in [7, 11) is -3.01. The molecule has 1 aromatic heterocycles. The number of nitrogens with two attached hydrogens (primary N) is 1. The normalized spacial score (nSPS) is 13.4. The number of benzene rings is 1. The van der Waals surface area contributed by atoms with E-state index in [1.165, 1.54) is 11.1 Å². The Morgan fingerprint density at radius 3 is 2.63 bits per heavy atom. The molecule has 0 amide bonds. The predicted octanol–water partition coefficient (Wildman–Crippen LogP) is 0.702. The molecular weight excluding hydrogens is 264 g/mol. The van der Waals surface area contributed by atoms with Crippen molar-refractivity contribution in [2.45, 2.75) is 12.5 Å². The van der Waals surface area contributed by atoms with Gasteiger partial charge in [0.05, 0.1) is 29.4 Å². The van der Waals surface area contributed by atoms with Crippen molar-refractivity contribution in [1.82, 2.24) is 15.0 Å². The van der Waals surface area contributed by atoms with E-state index in [1.54, 1.807) is 6.20 Å². The molecule has 0 fully saturated rings. The zero-order chi connectivity index (χ0) is 13.9. The zero-order valence-corrected chi connectivity index (χ0v) is 11.4. The number of rotatable bonds is 5. The second-order valence-electron chi connectivity index (χ2n) is 4.42. The molecule has 0 aliphatic heterocycles. The number of para-hydroxylation sites is 1. The summed E-state index contributed by atoms with van der Waals surface area (Å²) < 4.78 is 22.2. The largest absolute Gasteiger partial charge is 0.323 e. The Labute approximate surface area is 112 Å². The van der Waals surface area contributed by atoms with E-state index in [0.29, 0.717) is 12.1 Å². The van der Waals surface area contributed by atoms with E-state index in [2.05, 4.69) is 10.2 Å². The maximum absolute atomic E-state index is 11.1. The van der Waals surface area contributed by atoms with Crippen molar-refractivity contribution in [3.63, 3.8) is 0 Å². The van der Waals surface area contributed by atoms with Gasteiger partial charge in [-0.25, -0.2) is 8.42 Å². The summed E-state index contributed by atoms with van der Waals surface area (Å²) >= 11 is 0. The van der Waals surface area contributed by atoms with Gasteiger partial charge in [0.2, 0.25) is 0 Å². The topological polar surface area (TPSA) is 90.9 Å². The van der Waals surface area contributed by atoms with Crippen molar-refractivity contribution in [2.75, 3.05) is 12.0 Å². The standard InChI is InChI=1S/C12H16N4O2S/c1-19(17,18)8-7-11(13)12-9-14-16(15-12)10-5-3-2-4-6-10/h2-6,9,11H,7-8,13H2,1H3. The van der Waals surface area contributed by atoms with Crippen LogP contribution in [-0.2, 0) is 9.84 Å². The Hall–Kier alpha value is -1.73. The van der Waals surface area contributed by atoms with Gasteiger partial charge in [-0.3, -0.25) is 0 Å². The van der Waals surface area contributed by atoms with E-state index in [9.17, 15) is 8.42 Å². The smallest absolute Gasteiger partial charge is 0.147 e. The van der Waals surface area contributed by atoms with Gasteiger partial charge in [-0.15, -0.1) is 0 Å². The van der Waals surface area contributed by atoms with Crippen LogP contribution in [0.4, 0.5) is 0 Å². The second kappa shape index (κ2) is 5.50. The lowest BCUT2D eigenvalue weighted by atomic mass is 10.2. The summed E-state index contributed by atoms with van der Waals surface area (Å²) in [5, 5.41) is 8.39. The van der Waals surface area contributed by atoms with Gasteiger partial charge in [-0.05, 0) is 18.6 Å². The van der Waals surface area contributed by atoms with Crippen LogP contribution in [0.25, 0.3) is 5.69 Å². The van der Waals surface area contributed by atoms with Crippen LogP contribution in [0.3, 0.4) is 0 Å². The van der Waals surface area contributed by atoms with E-state index < -0.39 is 15.9 Å². The summed E-state index contributed by atoms with van der Waals surface area (Å²) in [5.74, 6) is 0.0480. The summed E-state index contributed by atoms with van der Waals surface area (Å²) in [6, 6.07) is 9.03. The fraction of sp³-hybridized carbons (Fsp3) is 0.333. The van der Waals surface area contributed by atoms with Crippen LogP contribution in [0.2, 0.25) is 0 Å². The predicted molar refractivity (Wildman–Crippen MR) is 72.6 cm³/mol. The molecule has 0 radical (unpaired) electrons. The quantitative estimate of drug-likeness (QED) is 0.870. The lowest BCUT2D eigenvalue weighted by Crippen LogP contribution is -2.16. The lowest BCUT2D eigenvalue weighted by molar-refractivity contribution is 0.588. The third-order valence-electron chi connectivity index (χ3n) is 2.68. The first kappa shape index (κ1) is 13.7. The maximum atomic E-state index is 11.1. The van der Waals surface area contributed by atoms with E-state index >= 15 is 0 Å². The molecule has 1 heterocycles. The minimum absolute atomic E-state index is 0.0480. The fourth-order valence-corrected chi connectivity index (χ4v) is 2.30. The van der Waals surface area contributed by atoms with Gasteiger partial charge in [0.1, 0.15) is 9.84 Å². The number of sulfone groups is 1. The summed E-state index contributed by atoms with van der Waals surface area (Å²) in [6.07, 6.45) is 3.10. The maximum Gasteiger partial charge on any atom is 0.147 e. The van der Waals surface area contributed by atoms with E-state index in [1.807, 2.05) is 30.3 Å². The minimum Gasteiger partial charge on any atom is -0.323 e. The Balaban J connectivity index is 2.09. The lowest BCUT2D eigenvalue weighted by Gasteiger charge is -2.06. The SMILES string of the molecule is CS(=O)(=O)CCC(N)c1cnn(-c2ccccc2)n1. The molecule has 6 nitrogen and oxygen atoms in total. The monoisotopic (exact) mass is 280 g/mol.